The molecule has 3 rings (SSSR count). The van der Waals surface area contributed by atoms with Crippen LogP contribution in [0.15, 0.2) is 42.6 Å². The zero-order valence-electron chi connectivity index (χ0n) is 12.9. The second kappa shape index (κ2) is 7.12. The summed E-state index contributed by atoms with van der Waals surface area (Å²) in [5, 5.41) is 22.0. The van der Waals surface area contributed by atoms with E-state index in [4.69, 9.17) is 5.26 Å². The van der Waals surface area contributed by atoms with Crippen LogP contribution in [-0.4, -0.2) is 29.3 Å². The molecule has 1 aliphatic heterocycles. The number of aromatic nitrogens is 1. The number of piperidine rings is 1. The van der Waals surface area contributed by atoms with Crippen LogP contribution in [-0.2, 0) is 6.54 Å². The van der Waals surface area contributed by atoms with E-state index in [9.17, 15) is 5.11 Å². The summed E-state index contributed by atoms with van der Waals surface area (Å²) in [7, 11) is 0. The van der Waals surface area contributed by atoms with E-state index >= 15 is 0 Å². The number of hydrogen-bond acceptors (Lipinski definition) is 5. The average Bonchev–Trinajstić information content (AvgIpc) is 2.61. The molecule has 0 spiro atoms. The van der Waals surface area contributed by atoms with Crippen molar-refractivity contribution in [3.8, 4) is 6.07 Å². The van der Waals surface area contributed by atoms with Gasteiger partial charge in [-0.3, -0.25) is 0 Å². The molecular formula is C18H20N4O. The molecule has 0 radical (unpaired) electrons. The minimum absolute atomic E-state index is 0.194. The lowest BCUT2D eigenvalue weighted by molar-refractivity contribution is 0.145. The maximum Gasteiger partial charge on any atom is 0.151 e. The Balaban J connectivity index is 1.72. The minimum Gasteiger partial charge on any atom is -0.393 e. The third-order valence-electron chi connectivity index (χ3n) is 4.09. The van der Waals surface area contributed by atoms with Crippen molar-refractivity contribution in [3.63, 3.8) is 0 Å². The van der Waals surface area contributed by atoms with E-state index in [0.717, 1.165) is 43.0 Å². The smallest absolute Gasteiger partial charge is 0.151 e. The predicted molar refractivity (Wildman–Crippen MR) is 90.2 cm³/mol. The van der Waals surface area contributed by atoms with Gasteiger partial charge in [-0.1, -0.05) is 12.1 Å². The lowest BCUT2D eigenvalue weighted by atomic mass is 10.1. The van der Waals surface area contributed by atoms with Crippen molar-refractivity contribution in [1.29, 1.82) is 5.26 Å². The third-order valence-corrected chi connectivity index (χ3v) is 4.09. The molecule has 5 nitrogen and oxygen atoms in total. The molecule has 1 saturated heterocycles. The summed E-state index contributed by atoms with van der Waals surface area (Å²) in [6.45, 7) is 2.28. The van der Waals surface area contributed by atoms with Crippen LogP contribution in [0.3, 0.4) is 0 Å². The Morgan fingerprint density at radius 1 is 1.26 bits per heavy atom. The van der Waals surface area contributed by atoms with Gasteiger partial charge in [-0.25, -0.2) is 4.98 Å². The van der Waals surface area contributed by atoms with E-state index in [2.05, 4.69) is 21.3 Å². The molecule has 1 aromatic heterocycles. The fraction of sp³-hybridized carbons (Fsp3) is 0.333. The van der Waals surface area contributed by atoms with Crippen LogP contribution < -0.4 is 10.2 Å². The van der Waals surface area contributed by atoms with Crippen LogP contribution in [0.1, 0.15) is 24.0 Å². The Hall–Kier alpha value is -2.58. The number of hydrogen-bond donors (Lipinski definition) is 2. The minimum atomic E-state index is -0.194. The fourth-order valence-electron chi connectivity index (χ4n) is 2.81. The molecule has 5 heteroatoms. The molecule has 1 aromatic carbocycles. The van der Waals surface area contributed by atoms with Crippen molar-refractivity contribution in [2.24, 2.45) is 0 Å². The third kappa shape index (κ3) is 3.79. The van der Waals surface area contributed by atoms with E-state index in [1.54, 1.807) is 12.3 Å². The van der Waals surface area contributed by atoms with Gasteiger partial charge in [-0.15, -0.1) is 0 Å². The topological polar surface area (TPSA) is 72.2 Å². The molecule has 1 fully saturated rings. The SMILES string of the molecule is N#Cc1cccc(CNc2cccnc2N2CCC(O)CC2)c1. The van der Waals surface area contributed by atoms with Gasteiger partial charge in [0, 0.05) is 25.8 Å². The van der Waals surface area contributed by atoms with Gasteiger partial charge < -0.3 is 15.3 Å². The first kappa shape index (κ1) is 15.3. The first-order valence-electron chi connectivity index (χ1n) is 7.87. The first-order valence-corrected chi connectivity index (χ1v) is 7.87. The van der Waals surface area contributed by atoms with Gasteiger partial charge >= 0.3 is 0 Å². The number of benzene rings is 1. The summed E-state index contributed by atoms with van der Waals surface area (Å²) in [5.74, 6) is 0.927. The number of pyridine rings is 1. The Morgan fingerprint density at radius 2 is 2.09 bits per heavy atom. The molecule has 0 unspecified atom stereocenters. The highest BCUT2D eigenvalue weighted by atomic mass is 16.3. The normalized spacial score (nSPS) is 15.2. The molecule has 118 valence electrons. The number of nitrogens with zero attached hydrogens (tertiary/aromatic N) is 3. The Bertz CT molecular complexity index is 702. The summed E-state index contributed by atoms with van der Waals surface area (Å²) in [4.78, 5) is 6.71. The summed E-state index contributed by atoms with van der Waals surface area (Å²) in [6.07, 6.45) is 3.16. The Morgan fingerprint density at radius 3 is 2.87 bits per heavy atom. The molecule has 1 aliphatic rings. The molecule has 23 heavy (non-hydrogen) atoms. The van der Waals surface area contributed by atoms with E-state index in [-0.39, 0.29) is 6.10 Å². The molecule has 2 N–H and O–H groups in total. The van der Waals surface area contributed by atoms with E-state index < -0.39 is 0 Å². The van der Waals surface area contributed by atoms with Crippen molar-refractivity contribution in [2.45, 2.75) is 25.5 Å². The van der Waals surface area contributed by atoms with Gasteiger partial charge in [0.05, 0.1) is 23.4 Å². The van der Waals surface area contributed by atoms with Gasteiger partial charge in [0.2, 0.25) is 0 Å². The highest BCUT2D eigenvalue weighted by Crippen LogP contribution is 2.26. The second-order valence-electron chi connectivity index (χ2n) is 5.76. The molecular weight excluding hydrogens is 288 g/mol. The summed E-state index contributed by atoms with van der Waals surface area (Å²) < 4.78 is 0. The molecule has 2 heterocycles. The van der Waals surface area contributed by atoms with Crippen LogP contribution in [0.4, 0.5) is 11.5 Å². The second-order valence-corrected chi connectivity index (χ2v) is 5.76. The number of rotatable bonds is 4. The first-order chi connectivity index (χ1) is 11.3. The van der Waals surface area contributed by atoms with Crippen LogP contribution in [0.25, 0.3) is 0 Å². The summed E-state index contributed by atoms with van der Waals surface area (Å²) in [6, 6.07) is 13.7. The number of aliphatic hydroxyl groups excluding tert-OH is 1. The summed E-state index contributed by atoms with van der Waals surface area (Å²) in [5.41, 5.74) is 2.71. The number of anilines is 2. The molecule has 2 aromatic rings. The Kier molecular flexibility index (Phi) is 4.74. The Labute approximate surface area is 136 Å². The van der Waals surface area contributed by atoms with Gasteiger partial charge in [0.15, 0.2) is 5.82 Å². The van der Waals surface area contributed by atoms with Gasteiger partial charge in [-0.05, 0) is 42.7 Å². The number of nitriles is 1. The maximum atomic E-state index is 9.66. The van der Waals surface area contributed by atoms with Crippen LogP contribution in [0, 0.1) is 11.3 Å². The van der Waals surface area contributed by atoms with Gasteiger partial charge in [0.25, 0.3) is 0 Å². The molecule has 0 aliphatic carbocycles. The van der Waals surface area contributed by atoms with Crippen LogP contribution in [0.5, 0.6) is 0 Å². The van der Waals surface area contributed by atoms with Crippen molar-refractivity contribution in [3.05, 3.63) is 53.7 Å². The quantitative estimate of drug-likeness (QED) is 0.908. The highest BCUT2D eigenvalue weighted by molar-refractivity contribution is 5.65. The van der Waals surface area contributed by atoms with Crippen LogP contribution in [0.2, 0.25) is 0 Å². The monoisotopic (exact) mass is 308 g/mol. The number of aliphatic hydroxyl groups is 1. The largest absolute Gasteiger partial charge is 0.393 e. The summed E-state index contributed by atoms with van der Waals surface area (Å²) >= 11 is 0. The highest BCUT2D eigenvalue weighted by Gasteiger charge is 2.20. The van der Waals surface area contributed by atoms with E-state index in [1.165, 1.54) is 0 Å². The van der Waals surface area contributed by atoms with E-state index in [1.807, 2.05) is 30.3 Å². The lowest BCUT2D eigenvalue weighted by Crippen LogP contribution is -2.36. The fourth-order valence-corrected chi connectivity index (χ4v) is 2.81. The molecule has 0 bridgehead atoms. The average molecular weight is 308 g/mol. The number of nitrogens with one attached hydrogen (secondary N) is 1. The lowest BCUT2D eigenvalue weighted by Gasteiger charge is -2.31. The molecule has 0 saturated carbocycles. The zero-order valence-corrected chi connectivity index (χ0v) is 12.9. The predicted octanol–water partition coefficient (Wildman–Crippen LogP) is 2.53. The van der Waals surface area contributed by atoms with Gasteiger partial charge in [-0.2, -0.15) is 5.26 Å². The van der Waals surface area contributed by atoms with Crippen molar-refractivity contribution in [1.82, 2.24) is 4.98 Å². The van der Waals surface area contributed by atoms with Crippen molar-refractivity contribution < 1.29 is 5.11 Å². The standard InChI is InChI=1S/C18H20N4O/c19-12-14-3-1-4-15(11-14)13-21-17-5-2-8-20-18(17)22-9-6-16(23)7-10-22/h1-5,8,11,16,21,23H,6-7,9-10,13H2. The molecule has 0 amide bonds. The zero-order chi connectivity index (χ0) is 16.1. The molecule has 0 atom stereocenters. The van der Waals surface area contributed by atoms with E-state index in [0.29, 0.717) is 12.1 Å². The maximum absolute atomic E-state index is 9.66. The van der Waals surface area contributed by atoms with Gasteiger partial charge in [0.1, 0.15) is 0 Å². The van der Waals surface area contributed by atoms with Crippen LogP contribution >= 0.6 is 0 Å². The van der Waals surface area contributed by atoms with Crippen molar-refractivity contribution in [2.75, 3.05) is 23.3 Å². The van der Waals surface area contributed by atoms with Crippen molar-refractivity contribution >= 4 is 11.5 Å².